The molecule has 0 aliphatic carbocycles. The van der Waals surface area contributed by atoms with Crippen LogP contribution < -0.4 is 10.9 Å². The maximum absolute atomic E-state index is 12.8. The molecule has 0 radical (unpaired) electrons. The molecule has 0 saturated carbocycles. The second-order valence-electron chi connectivity index (χ2n) is 6.20. The summed E-state index contributed by atoms with van der Waals surface area (Å²) < 4.78 is 5.07. The number of carbonyl (C=O) groups is 1. The molecule has 0 aliphatic heterocycles. The van der Waals surface area contributed by atoms with E-state index in [0.29, 0.717) is 17.9 Å². The van der Waals surface area contributed by atoms with E-state index in [2.05, 4.69) is 12.2 Å². The number of benzene rings is 1. The lowest BCUT2D eigenvalue weighted by atomic mass is 9.91. The van der Waals surface area contributed by atoms with Gasteiger partial charge in [0.05, 0.1) is 5.56 Å². The van der Waals surface area contributed by atoms with Crippen LogP contribution in [0.25, 0.3) is 0 Å². The van der Waals surface area contributed by atoms with Crippen molar-refractivity contribution in [1.82, 2.24) is 5.32 Å². The van der Waals surface area contributed by atoms with Gasteiger partial charge >= 0.3 is 5.63 Å². The van der Waals surface area contributed by atoms with Crippen molar-refractivity contribution in [3.63, 3.8) is 0 Å². The van der Waals surface area contributed by atoms with Gasteiger partial charge in [-0.25, -0.2) is 4.79 Å². The van der Waals surface area contributed by atoms with Crippen LogP contribution in [0.3, 0.4) is 0 Å². The van der Waals surface area contributed by atoms with E-state index in [1.54, 1.807) is 19.1 Å². The lowest BCUT2D eigenvalue weighted by molar-refractivity contribution is 0.0917. The minimum Gasteiger partial charge on any atom is -0.507 e. The molecule has 134 valence electrons. The molecule has 0 amide bonds. The van der Waals surface area contributed by atoms with Crippen LogP contribution in [0.15, 0.2) is 45.6 Å². The standard InChI is InChI=1S/C20H25NO4/c1-3-4-10-21-13-16(19(23)15-8-6-5-7-9-15)12-17-18(22)11-14(2)25-20(17)24/h5-9,11,16,21-22H,3-4,10,12-13H2,1-2H3. The van der Waals surface area contributed by atoms with Crippen molar-refractivity contribution in [1.29, 1.82) is 0 Å². The highest BCUT2D eigenvalue weighted by atomic mass is 16.4. The normalized spacial score (nSPS) is 12.1. The van der Waals surface area contributed by atoms with Crippen LogP contribution >= 0.6 is 0 Å². The Hall–Kier alpha value is -2.40. The van der Waals surface area contributed by atoms with Gasteiger partial charge in [0.2, 0.25) is 0 Å². The highest BCUT2D eigenvalue weighted by molar-refractivity contribution is 5.98. The predicted octanol–water partition coefficient (Wildman–Crippen LogP) is 3.09. The molecule has 1 aromatic heterocycles. The molecular formula is C20H25NO4. The minimum atomic E-state index is -0.586. The molecular weight excluding hydrogens is 318 g/mol. The van der Waals surface area contributed by atoms with Crippen LogP contribution in [0.2, 0.25) is 0 Å². The van der Waals surface area contributed by atoms with E-state index < -0.39 is 11.5 Å². The molecule has 0 bridgehead atoms. The Balaban J connectivity index is 2.22. The molecule has 1 unspecified atom stereocenters. The summed E-state index contributed by atoms with van der Waals surface area (Å²) in [7, 11) is 0. The highest BCUT2D eigenvalue weighted by Crippen LogP contribution is 2.20. The smallest absolute Gasteiger partial charge is 0.342 e. The summed E-state index contributed by atoms with van der Waals surface area (Å²) in [6.45, 7) is 4.96. The Kier molecular flexibility index (Phi) is 6.95. The van der Waals surface area contributed by atoms with Gasteiger partial charge in [0.15, 0.2) is 5.78 Å². The zero-order chi connectivity index (χ0) is 18.2. The molecule has 0 fully saturated rings. The van der Waals surface area contributed by atoms with Gasteiger partial charge < -0.3 is 14.8 Å². The van der Waals surface area contributed by atoms with Crippen LogP contribution in [0.5, 0.6) is 5.75 Å². The predicted molar refractivity (Wildman–Crippen MR) is 97.1 cm³/mol. The maximum Gasteiger partial charge on any atom is 0.342 e. The number of ketones is 1. The molecule has 2 aromatic rings. The van der Waals surface area contributed by atoms with Crippen molar-refractivity contribution in [3.05, 3.63) is 63.7 Å². The molecule has 2 N–H and O–H groups in total. The van der Waals surface area contributed by atoms with Crippen molar-refractivity contribution in [3.8, 4) is 5.75 Å². The highest BCUT2D eigenvalue weighted by Gasteiger charge is 2.23. The first kappa shape index (κ1) is 18.9. The zero-order valence-corrected chi connectivity index (χ0v) is 14.7. The van der Waals surface area contributed by atoms with Crippen LogP contribution in [0.4, 0.5) is 0 Å². The summed E-state index contributed by atoms with van der Waals surface area (Å²) in [6, 6.07) is 10.4. The number of aromatic hydroxyl groups is 1. The fourth-order valence-electron chi connectivity index (χ4n) is 2.73. The van der Waals surface area contributed by atoms with E-state index in [9.17, 15) is 14.7 Å². The van der Waals surface area contributed by atoms with Crippen LogP contribution in [0.1, 0.15) is 41.4 Å². The van der Waals surface area contributed by atoms with Gasteiger partial charge in [-0.3, -0.25) is 4.79 Å². The van der Waals surface area contributed by atoms with E-state index in [0.717, 1.165) is 19.4 Å². The third kappa shape index (κ3) is 5.29. The van der Waals surface area contributed by atoms with Gasteiger partial charge in [0, 0.05) is 24.1 Å². The maximum atomic E-state index is 12.8. The van der Waals surface area contributed by atoms with Gasteiger partial charge in [-0.1, -0.05) is 43.7 Å². The van der Waals surface area contributed by atoms with Crippen LogP contribution in [0, 0.1) is 12.8 Å². The van der Waals surface area contributed by atoms with Crippen LogP contribution in [-0.2, 0) is 6.42 Å². The second kappa shape index (κ2) is 9.18. The average Bonchev–Trinajstić information content (AvgIpc) is 2.60. The SMILES string of the molecule is CCCCNCC(Cc1c(O)cc(C)oc1=O)C(=O)c1ccccc1. The number of nitrogens with one attached hydrogen (secondary N) is 1. The first-order valence-corrected chi connectivity index (χ1v) is 8.65. The molecule has 1 aromatic carbocycles. The Morgan fingerprint density at radius 3 is 2.64 bits per heavy atom. The number of aryl methyl sites for hydroxylation is 1. The number of hydrogen-bond donors (Lipinski definition) is 2. The zero-order valence-electron chi connectivity index (χ0n) is 14.7. The van der Waals surface area contributed by atoms with Crippen molar-refractivity contribution >= 4 is 5.78 Å². The van der Waals surface area contributed by atoms with E-state index in [4.69, 9.17) is 4.42 Å². The number of unbranched alkanes of at least 4 members (excludes halogenated alkanes) is 1. The fraction of sp³-hybridized carbons (Fsp3) is 0.400. The summed E-state index contributed by atoms with van der Waals surface area (Å²) in [4.78, 5) is 24.9. The Labute approximate surface area is 147 Å². The molecule has 0 saturated heterocycles. The van der Waals surface area contributed by atoms with E-state index in [-0.39, 0.29) is 23.5 Å². The average molecular weight is 343 g/mol. The monoisotopic (exact) mass is 343 g/mol. The minimum absolute atomic E-state index is 0.0519. The molecule has 5 nitrogen and oxygen atoms in total. The number of carbonyl (C=O) groups excluding carboxylic acids is 1. The lowest BCUT2D eigenvalue weighted by Gasteiger charge is -2.17. The van der Waals surface area contributed by atoms with E-state index in [1.807, 2.05) is 18.2 Å². The third-order valence-corrected chi connectivity index (χ3v) is 4.13. The summed E-state index contributed by atoms with van der Waals surface area (Å²) in [5, 5.41) is 13.4. The van der Waals surface area contributed by atoms with E-state index in [1.165, 1.54) is 6.07 Å². The first-order valence-electron chi connectivity index (χ1n) is 8.65. The van der Waals surface area contributed by atoms with E-state index >= 15 is 0 Å². The Morgan fingerprint density at radius 2 is 2.00 bits per heavy atom. The summed E-state index contributed by atoms with van der Waals surface area (Å²) >= 11 is 0. The number of rotatable bonds is 9. The molecule has 25 heavy (non-hydrogen) atoms. The summed E-state index contributed by atoms with van der Waals surface area (Å²) in [6.07, 6.45) is 2.22. The summed E-state index contributed by atoms with van der Waals surface area (Å²) in [5.74, 6) is -0.272. The van der Waals surface area contributed by atoms with Gasteiger partial charge in [-0.2, -0.15) is 0 Å². The Bertz CT molecular complexity index is 752. The molecule has 5 heteroatoms. The molecule has 1 atom stereocenters. The molecule has 0 spiro atoms. The van der Waals surface area contributed by atoms with Crippen LogP contribution in [-0.4, -0.2) is 24.0 Å². The Morgan fingerprint density at radius 1 is 1.28 bits per heavy atom. The van der Waals surface area contributed by atoms with Crippen molar-refractivity contribution in [2.45, 2.75) is 33.1 Å². The topological polar surface area (TPSA) is 79.5 Å². The first-order chi connectivity index (χ1) is 12.0. The molecule has 0 aliphatic rings. The number of hydrogen-bond acceptors (Lipinski definition) is 5. The van der Waals surface area contributed by atoms with Crippen molar-refractivity contribution < 1.29 is 14.3 Å². The quantitative estimate of drug-likeness (QED) is 0.540. The lowest BCUT2D eigenvalue weighted by Crippen LogP contribution is -2.32. The van der Waals surface area contributed by atoms with Gasteiger partial charge in [0.1, 0.15) is 11.5 Å². The van der Waals surface area contributed by atoms with Crippen molar-refractivity contribution in [2.24, 2.45) is 5.92 Å². The summed E-state index contributed by atoms with van der Waals surface area (Å²) in [5.41, 5.74) is 0.162. The molecule has 2 rings (SSSR count). The van der Waals surface area contributed by atoms with Gasteiger partial charge in [0.25, 0.3) is 0 Å². The van der Waals surface area contributed by atoms with Crippen molar-refractivity contribution in [2.75, 3.05) is 13.1 Å². The van der Waals surface area contributed by atoms with Gasteiger partial charge in [-0.15, -0.1) is 0 Å². The van der Waals surface area contributed by atoms with Gasteiger partial charge in [-0.05, 0) is 26.3 Å². The third-order valence-electron chi connectivity index (χ3n) is 4.13. The largest absolute Gasteiger partial charge is 0.507 e. The second-order valence-corrected chi connectivity index (χ2v) is 6.20. The molecule has 1 heterocycles. The fourth-order valence-corrected chi connectivity index (χ4v) is 2.73. The number of Topliss-reactive ketones (excluding diaryl/α,β-unsaturated/α-hetero) is 1.